The zero-order valence-corrected chi connectivity index (χ0v) is 5.93. The van der Waals surface area contributed by atoms with Crippen LogP contribution in [0.4, 0.5) is 0 Å². The number of aryl methyl sites for hydroxylation is 1. The number of aromatic nitrogens is 3. The Balaban J connectivity index is 2.79. The Morgan fingerprint density at radius 1 is 1.82 bits per heavy atom. The van der Waals surface area contributed by atoms with Crippen LogP contribution < -0.4 is 0 Å². The van der Waals surface area contributed by atoms with E-state index in [0.29, 0.717) is 5.69 Å². The standard InChI is InChI=1S/C6H7N3O2/c1-9-5(4-7-8-9)2-3-6(10)11/h2-4H,1H3,(H,10,11)/b3-2+. The normalized spacial score (nSPS) is 10.6. The molecule has 0 saturated heterocycles. The molecule has 11 heavy (non-hydrogen) atoms. The minimum Gasteiger partial charge on any atom is -0.478 e. The highest BCUT2D eigenvalue weighted by atomic mass is 16.4. The van der Waals surface area contributed by atoms with Gasteiger partial charge in [-0.05, 0) is 6.08 Å². The molecule has 1 rings (SSSR count). The van der Waals surface area contributed by atoms with Gasteiger partial charge in [0, 0.05) is 13.1 Å². The summed E-state index contributed by atoms with van der Waals surface area (Å²) >= 11 is 0. The summed E-state index contributed by atoms with van der Waals surface area (Å²) < 4.78 is 1.49. The van der Waals surface area contributed by atoms with Crippen molar-refractivity contribution in [3.8, 4) is 0 Å². The molecular formula is C6H7N3O2. The first-order valence-electron chi connectivity index (χ1n) is 2.96. The third-order valence-corrected chi connectivity index (χ3v) is 1.15. The Labute approximate surface area is 63.0 Å². The summed E-state index contributed by atoms with van der Waals surface area (Å²) in [4.78, 5) is 10.1. The molecule has 1 N–H and O–H groups in total. The van der Waals surface area contributed by atoms with Crippen LogP contribution in [-0.4, -0.2) is 26.1 Å². The Kier molecular flexibility index (Phi) is 2.00. The number of carboxylic acids is 1. The smallest absolute Gasteiger partial charge is 0.328 e. The van der Waals surface area contributed by atoms with Crippen molar-refractivity contribution in [3.05, 3.63) is 18.0 Å². The van der Waals surface area contributed by atoms with Crippen molar-refractivity contribution in [1.82, 2.24) is 15.0 Å². The number of hydrogen-bond donors (Lipinski definition) is 1. The van der Waals surface area contributed by atoms with E-state index in [-0.39, 0.29) is 0 Å². The lowest BCUT2D eigenvalue weighted by Crippen LogP contribution is -1.93. The van der Waals surface area contributed by atoms with E-state index >= 15 is 0 Å². The average molecular weight is 153 g/mol. The Morgan fingerprint density at radius 3 is 3.00 bits per heavy atom. The first-order chi connectivity index (χ1) is 5.20. The van der Waals surface area contributed by atoms with Crippen LogP contribution in [0.1, 0.15) is 5.69 Å². The predicted molar refractivity (Wildman–Crippen MR) is 37.7 cm³/mol. The highest BCUT2D eigenvalue weighted by Crippen LogP contribution is 1.95. The zero-order valence-electron chi connectivity index (χ0n) is 5.93. The number of nitrogens with zero attached hydrogens (tertiary/aromatic N) is 3. The highest BCUT2D eigenvalue weighted by molar-refractivity contribution is 5.84. The van der Waals surface area contributed by atoms with Crippen molar-refractivity contribution < 1.29 is 9.90 Å². The van der Waals surface area contributed by atoms with E-state index in [1.165, 1.54) is 17.0 Å². The Bertz CT molecular complexity index is 290. The fourth-order valence-electron chi connectivity index (χ4n) is 0.605. The van der Waals surface area contributed by atoms with Crippen LogP contribution in [0.15, 0.2) is 12.3 Å². The van der Waals surface area contributed by atoms with Crippen molar-refractivity contribution in [2.24, 2.45) is 7.05 Å². The van der Waals surface area contributed by atoms with Crippen LogP contribution in [0.5, 0.6) is 0 Å². The second-order valence-electron chi connectivity index (χ2n) is 1.95. The van der Waals surface area contributed by atoms with Gasteiger partial charge in [0.05, 0.1) is 11.9 Å². The molecule has 58 valence electrons. The van der Waals surface area contributed by atoms with Gasteiger partial charge in [0.25, 0.3) is 0 Å². The third kappa shape index (κ3) is 1.89. The summed E-state index contributed by atoms with van der Waals surface area (Å²) in [5.41, 5.74) is 0.660. The molecule has 0 bridgehead atoms. The average Bonchev–Trinajstić information content (AvgIpc) is 2.31. The molecule has 0 spiro atoms. The Morgan fingerprint density at radius 2 is 2.55 bits per heavy atom. The minimum absolute atomic E-state index is 0.660. The van der Waals surface area contributed by atoms with E-state index in [9.17, 15) is 4.79 Å². The van der Waals surface area contributed by atoms with E-state index in [1.807, 2.05) is 0 Å². The first-order valence-corrected chi connectivity index (χ1v) is 2.96. The van der Waals surface area contributed by atoms with E-state index in [1.54, 1.807) is 7.05 Å². The molecule has 0 radical (unpaired) electrons. The van der Waals surface area contributed by atoms with E-state index < -0.39 is 5.97 Å². The van der Waals surface area contributed by atoms with Gasteiger partial charge in [0.1, 0.15) is 0 Å². The van der Waals surface area contributed by atoms with Crippen LogP contribution in [0.25, 0.3) is 6.08 Å². The van der Waals surface area contributed by atoms with Crippen LogP contribution in [0.3, 0.4) is 0 Å². The molecule has 0 unspecified atom stereocenters. The molecule has 0 saturated carbocycles. The molecular weight excluding hydrogens is 146 g/mol. The maximum absolute atomic E-state index is 10.1. The summed E-state index contributed by atoms with van der Waals surface area (Å²) in [5.74, 6) is -0.980. The second-order valence-corrected chi connectivity index (χ2v) is 1.95. The van der Waals surface area contributed by atoms with Gasteiger partial charge in [0.15, 0.2) is 0 Å². The van der Waals surface area contributed by atoms with Crippen LogP contribution in [0, 0.1) is 0 Å². The predicted octanol–water partition coefficient (Wildman–Crippen LogP) is -0.0871. The first kappa shape index (κ1) is 7.46. The second kappa shape index (κ2) is 2.96. The molecule has 0 aliphatic heterocycles. The molecule has 0 aliphatic rings. The van der Waals surface area contributed by atoms with Gasteiger partial charge in [-0.1, -0.05) is 5.21 Å². The van der Waals surface area contributed by atoms with Crippen molar-refractivity contribution in [2.75, 3.05) is 0 Å². The number of carbonyl (C=O) groups is 1. The Hall–Kier alpha value is -1.65. The van der Waals surface area contributed by atoms with Crippen LogP contribution in [0.2, 0.25) is 0 Å². The number of carboxylic acid groups (broad SMARTS) is 1. The van der Waals surface area contributed by atoms with Crippen molar-refractivity contribution in [1.29, 1.82) is 0 Å². The van der Waals surface area contributed by atoms with Crippen LogP contribution >= 0.6 is 0 Å². The van der Waals surface area contributed by atoms with Crippen molar-refractivity contribution >= 4 is 12.0 Å². The third-order valence-electron chi connectivity index (χ3n) is 1.15. The van der Waals surface area contributed by atoms with E-state index in [2.05, 4.69) is 10.3 Å². The van der Waals surface area contributed by atoms with E-state index in [4.69, 9.17) is 5.11 Å². The lowest BCUT2D eigenvalue weighted by atomic mass is 10.4. The number of aliphatic carboxylic acids is 1. The molecule has 0 atom stereocenters. The molecule has 0 fully saturated rings. The van der Waals surface area contributed by atoms with Gasteiger partial charge >= 0.3 is 5.97 Å². The SMILES string of the molecule is Cn1nncc1/C=C/C(=O)O. The quantitative estimate of drug-likeness (QED) is 0.603. The highest BCUT2D eigenvalue weighted by Gasteiger charge is 1.93. The monoisotopic (exact) mass is 153 g/mol. The maximum atomic E-state index is 10.1. The summed E-state index contributed by atoms with van der Waals surface area (Å²) in [5, 5.41) is 15.5. The van der Waals surface area contributed by atoms with Crippen molar-refractivity contribution in [2.45, 2.75) is 0 Å². The fourth-order valence-corrected chi connectivity index (χ4v) is 0.605. The molecule has 1 aromatic rings. The summed E-state index contributed by atoms with van der Waals surface area (Å²) in [6.07, 6.45) is 3.96. The summed E-state index contributed by atoms with van der Waals surface area (Å²) in [6.45, 7) is 0. The topological polar surface area (TPSA) is 68.0 Å². The van der Waals surface area contributed by atoms with Gasteiger partial charge < -0.3 is 5.11 Å². The molecule has 5 nitrogen and oxygen atoms in total. The lowest BCUT2D eigenvalue weighted by Gasteiger charge is -1.88. The summed E-state index contributed by atoms with van der Waals surface area (Å²) in [7, 11) is 1.69. The molecule has 0 aliphatic carbocycles. The minimum atomic E-state index is -0.980. The number of hydrogen-bond acceptors (Lipinski definition) is 3. The van der Waals surface area contributed by atoms with Crippen LogP contribution in [-0.2, 0) is 11.8 Å². The number of rotatable bonds is 2. The van der Waals surface area contributed by atoms with Gasteiger partial charge in [0.2, 0.25) is 0 Å². The van der Waals surface area contributed by atoms with Gasteiger partial charge in [-0.2, -0.15) is 0 Å². The summed E-state index contributed by atoms with van der Waals surface area (Å²) in [6, 6.07) is 0. The van der Waals surface area contributed by atoms with Gasteiger partial charge in [-0.25, -0.2) is 9.48 Å². The molecule has 1 aromatic heterocycles. The maximum Gasteiger partial charge on any atom is 0.328 e. The zero-order chi connectivity index (χ0) is 8.27. The molecule has 1 heterocycles. The lowest BCUT2D eigenvalue weighted by molar-refractivity contribution is -0.131. The fraction of sp³-hybridized carbons (Fsp3) is 0.167. The molecule has 0 aromatic carbocycles. The van der Waals surface area contributed by atoms with E-state index in [0.717, 1.165) is 6.08 Å². The molecule has 0 amide bonds. The molecule has 5 heteroatoms. The largest absolute Gasteiger partial charge is 0.478 e. The van der Waals surface area contributed by atoms with Crippen molar-refractivity contribution in [3.63, 3.8) is 0 Å². The van der Waals surface area contributed by atoms with Gasteiger partial charge in [-0.15, -0.1) is 5.10 Å². The van der Waals surface area contributed by atoms with Gasteiger partial charge in [-0.3, -0.25) is 0 Å².